The molecule has 0 aliphatic heterocycles. The maximum absolute atomic E-state index is 4.76. The third-order valence-electron chi connectivity index (χ3n) is 4.73. The zero-order chi connectivity index (χ0) is 17.6. The van der Waals surface area contributed by atoms with Crippen molar-refractivity contribution in [3.05, 3.63) is 33.5 Å². The first kappa shape index (κ1) is 21.1. The highest BCUT2D eigenvalue weighted by Gasteiger charge is 2.15. The summed E-state index contributed by atoms with van der Waals surface area (Å²) in [5.41, 5.74) is 0. The number of aromatic nitrogens is 3. The van der Waals surface area contributed by atoms with Gasteiger partial charge in [-0.15, -0.1) is 45.5 Å². The number of nitrogens with zero attached hydrogens (tertiary/aromatic N) is 4. The topological polar surface area (TPSA) is 67.1 Å². The van der Waals surface area contributed by atoms with Crippen LogP contribution in [-0.2, 0) is 20.1 Å². The average molecular weight is 488 g/mol. The van der Waals surface area contributed by atoms with Gasteiger partial charge in [0, 0.05) is 22.8 Å². The molecule has 144 valence electrons. The zero-order valence-electron chi connectivity index (χ0n) is 15.8. The molecule has 0 aromatic carbocycles. The van der Waals surface area contributed by atoms with Gasteiger partial charge >= 0.3 is 0 Å². The van der Waals surface area contributed by atoms with Gasteiger partial charge in [-0.05, 0) is 38.8 Å². The number of aliphatic imine (C=N–C) groups is 1. The van der Waals surface area contributed by atoms with Crippen LogP contribution in [0, 0.1) is 13.8 Å². The summed E-state index contributed by atoms with van der Waals surface area (Å²) in [6, 6.07) is 4.86. The summed E-state index contributed by atoms with van der Waals surface area (Å²) in [6.07, 6.45) is 6.41. The molecule has 26 heavy (non-hydrogen) atoms. The third kappa shape index (κ3) is 5.94. The lowest BCUT2D eigenvalue weighted by Crippen LogP contribution is -2.44. The predicted molar refractivity (Wildman–Crippen MR) is 118 cm³/mol. The minimum Gasteiger partial charge on any atom is -0.354 e. The minimum atomic E-state index is 0. The molecule has 1 aliphatic carbocycles. The molecule has 0 amide bonds. The molecule has 3 rings (SSSR count). The molecule has 1 fully saturated rings. The average Bonchev–Trinajstić information content (AvgIpc) is 3.18. The molecule has 0 bridgehead atoms. The summed E-state index contributed by atoms with van der Waals surface area (Å²) in [6.45, 7) is 5.43. The van der Waals surface area contributed by atoms with Gasteiger partial charge in [0.05, 0.1) is 6.54 Å². The predicted octanol–water partition coefficient (Wildman–Crippen LogP) is 3.68. The molecule has 8 heteroatoms. The van der Waals surface area contributed by atoms with Gasteiger partial charge in [0.1, 0.15) is 12.4 Å². The van der Waals surface area contributed by atoms with E-state index in [1.54, 1.807) is 0 Å². The molecule has 0 spiro atoms. The van der Waals surface area contributed by atoms with E-state index < -0.39 is 0 Å². The van der Waals surface area contributed by atoms with Gasteiger partial charge in [0.2, 0.25) is 0 Å². The molecule has 2 heterocycles. The lowest BCUT2D eigenvalue weighted by molar-refractivity contribution is 0.409. The van der Waals surface area contributed by atoms with E-state index in [-0.39, 0.29) is 24.0 Å². The van der Waals surface area contributed by atoms with Crippen LogP contribution in [0.1, 0.15) is 53.5 Å². The van der Waals surface area contributed by atoms with Gasteiger partial charge in [-0.2, -0.15) is 0 Å². The zero-order valence-corrected chi connectivity index (χ0v) is 18.9. The van der Waals surface area contributed by atoms with Gasteiger partial charge in [-0.3, -0.25) is 0 Å². The van der Waals surface area contributed by atoms with Crippen molar-refractivity contribution in [3.63, 3.8) is 0 Å². The van der Waals surface area contributed by atoms with Crippen LogP contribution in [0.15, 0.2) is 17.1 Å². The molecular formula is C18H29IN6S. The first-order valence-corrected chi connectivity index (χ1v) is 9.88. The maximum Gasteiger partial charge on any atom is 0.192 e. The smallest absolute Gasteiger partial charge is 0.192 e. The van der Waals surface area contributed by atoms with Crippen molar-refractivity contribution in [3.8, 4) is 0 Å². The Bertz CT molecular complexity index is 717. The second-order valence-electron chi connectivity index (χ2n) is 6.73. The molecule has 0 unspecified atom stereocenters. The van der Waals surface area contributed by atoms with Crippen LogP contribution in [0.3, 0.4) is 0 Å². The molecule has 2 aromatic rings. The molecular weight excluding hydrogens is 459 g/mol. The van der Waals surface area contributed by atoms with Crippen molar-refractivity contribution < 1.29 is 0 Å². The van der Waals surface area contributed by atoms with Crippen molar-refractivity contribution in [2.75, 3.05) is 0 Å². The van der Waals surface area contributed by atoms with Crippen LogP contribution in [0.2, 0.25) is 0 Å². The Morgan fingerprint density at radius 3 is 2.62 bits per heavy atom. The molecule has 0 saturated heterocycles. The molecule has 2 N–H and O–H groups in total. The molecule has 6 nitrogen and oxygen atoms in total. The summed E-state index contributed by atoms with van der Waals surface area (Å²) < 4.78 is 1.99. The molecule has 0 atom stereocenters. The molecule has 1 saturated carbocycles. The van der Waals surface area contributed by atoms with Crippen LogP contribution in [0.4, 0.5) is 0 Å². The van der Waals surface area contributed by atoms with Crippen LogP contribution in [-0.4, -0.2) is 26.8 Å². The number of aryl methyl sites for hydroxylation is 2. The highest BCUT2D eigenvalue weighted by molar-refractivity contribution is 14.0. The summed E-state index contributed by atoms with van der Waals surface area (Å²) >= 11 is 1.82. The Kier molecular flexibility index (Phi) is 8.33. The lowest BCUT2D eigenvalue weighted by Gasteiger charge is -2.25. The minimum absolute atomic E-state index is 0. The fraction of sp³-hybridized carbons (Fsp3) is 0.611. The van der Waals surface area contributed by atoms with Gasteiger partial charge in [-0.25, -0.2) is 4.99 Å². The number of rotatable bonds is 5. The molecule has 2 aromatic heterocycles. The van der Waals surface area contributed by atoms with Crippen molar-refractivity contribution in [1.82, 2.24) is 25.4 Å². The summed E-state index contributed by atoms with van der Waals surface area (Å²) in [4.78, 5) is 7.42. The summed E-state index contributed by atoms with van der Waals surface area (Å²) in [5.74, 6) is 2.67. The summed E-state index contributed by atoms with van der Waals surface area (Å²) in [5, 5.41) is 15.4. The number of thiophene rings is 1. The standard InChI is InChI=1S/C18H28N6S.HI/c1-13-9-10-16(25-13)11-19-18(21-15-7-5-4-6-8-15)20-12-17-23-22-14(2)24(17)3;/h9-10,15H,4-8,11-12H2,1-3H3,(H2,19,20,21);1H. The van der Waals surface area contributed by atoms with Crippen molar-refractivity contribution in [2.24, 2.45) is 12.0 Å². The summed E-state index contributed by atoms with van der Waals surface area (Å²) in [7, 11) is 1.98. The second-order valence-corrected chi connectivity index (χ2v) is 8.10. The monoisotopic (exact) mass is 488 g/mol. The van der Waals surface area contributed by atoms with E-state index in [1.165, 1.54) is 41.9 Å². The lowest BCUT2D eigenvalue weighted by atomic mass is 9.96. The SMILES string of the molecule is Cc1ccc(CNC(=NCc2nnc(C)n2C)NC2CCCCC2)s1.I. The normalized spacial score (nSPS) is 15.6. The fourth-order valence-corrected chi connectivity index (χ4v) is 3.91. The van der Waals surface area contributed by atoms with Crippen LogP contribution >= 0.6 is 35.3 Å². The Balaban J connectivity index is 0.00000243. The second kappa shape index (κ2) is 10.2. The number of hydrogen-bond acceptors (Lipinski definition) is 4. The molecule has 1 aliphatic rings. The van der Waals surface area contributed by atoms with Gasteiger partial charge in [0.15, 0.2) is 11.8 Å². The number of halogens is 1. The Hall–Kier alpha value is -1.16. The van der Waals surface area contributed by atoms with Crippen LogP contribution < -0.4 is 10.6 Å². The van der Waals surface area contributed by atoms with E-state index in [0.29, 0.717) is 12.6 Å². The Morgan fingerprint density at radius 2 is 2.00 bits per heavy atom. The fourth-order valence-electron chi connectivity index (χ4n) is 3.08. The van der Waals surface area contributed by atoms with Crippen LogP contribution in [0.5, 0.6) is 0 Å². The van der Waals surface area contributed by atoms with E-state index >= 15 is 0 Å². The van der Waals surface area contributed by atoms with E-state index in [0.717, 1.165) is 24.2 Å². The van der Waals surface area contributed by atoms with E-state index in [1.807, 2.05) is 29.9 Å². The number of guanidine groups is 1. The van der Waals surface area contributed by atoms with E-state index in [4.69, 9.17) is 4.99 Å². The van der Waals surface area contributed by atoms with Crippen molar-refractivity contribution in [1.29, 1.82) is 0 Å². The van der Waals surface area contributed by atoms with Gasteiger partial charge in [0.25, 0.3) is 0 Å². The first-order valence-electron chi connectivity index (χ1n) is 9.07. The van der Waals surface area contributed by atoms with Gasteiger partial charge in [-0.1, -0.05) is 19.3 Å². The van der Waals surface area contributed by atoms with Crippen LogP contribution in [0.25, 0.3) is 0 Å². The van der Waals surface area contributed by atoms with E-state index in [2.05, 4.69) is 39.9 Å². The first-order chi connectivity index (χ1) is 12.1. The quantitative estimate of drug-likeness (QED) is 0.383. The maximum atomic E-state index is 4.76. The van der Waals surface area contributed by atoms with Gasteiger partial charge < -0.3 is 15.2 Å². The van der Waals surface area contributed by atoms with E-state index in [9.17, 15) is 0 Å². The highest BCUT2D eigenvalue weighted by atomic mass is 127. The number of hydrogen-bond donors (Lipinski definition) is 2. The van der Waals surface area contributed by atoms with Crippen molar-refractivity contribution in [2.45, 2.75) is 65.1 Å². The molecule has 0 radical (unpaired) electrons. The highest BCUT2D eigenvalue weighted by Crippen LogP contribution is 2.18. The number of nitrogens with one attached hydrogen (secondary N) is 2. The largest absolute Gasteiger partial charge is 0.354 e. The third-order valence-corrected chi connectivity index (χ3v) is 5.73. The van der Waals surface area contributed by atoms with Crippen molar-refractivity contribution >= 4 is 41.3 Å². The Morgan fingerprint density at radius 1 is 1.23 bits per heavy atom. The Labute approximate surface area is 176 Å².